The minimum Gasteiger partial charge on any atom is -0.382 e. The van der Waals surface area contributed by atoms with Gasteiger partial charge in [-0.3, -0.25) is 9.59 Å². The van der Waals surface area contributed by atoms with Crippen molar-refractivity contribution in [3.63, 3.8) is 0 Å². The van der Waals surface area contributed by atoms with Crippen LogP contribution in [0.5, 0.6) is 0 Å². The number of Topliss-reactive ketones (excluding diaryl/α,β-unsaturated/α-hetero) is 1. The maximum atomic E-state index is 11.4. The fourth-order valence-electron chi connectivity index (χ4n) is 1.30. The Morgan fingerprint density at radius 2 is 1.56 bits per heavy atom. The maximum absolute atomic E-state index is 11.4. The molecule has 18 heavy (non-hydrogen) atoms. The minimum absolute atomic E-state index is 0.0558. The molecule has 0 aromatic heterocycles. The average Bonchev–Trinajstić information content (AvgIpc) is 2.29. The molecule has 0 saturated heterocycles. The molecule has 0 aromatic rings. The molecular weight excluding hydrogens is 228 g/mol. The van der Waals surface area contributed by atoms with E-state index in [1.54, 1.807) is 0 Å². The van der Waals surface area contributed by atoms with Crippen LogP contribution in [0.15, 0.2) is 24.4 Å². The van der Waals surface area contributed by atoms with Crippen molar-refractivity contribution in [2.75, 3.05) is 13.1 Å². The van der Waals surface area contributed by atoms with E-state index in [0.717, 1.165) is 30.5 Å². The van der Waals surface area contributed by atoms with Gasteiger partial charge < -0.3 is 10.6 Å². The predicted octanol–water partition coefficient (Wildman–Crippen LogP) is 1.93. The average molecular weight is 252 g/mol. The number of amides is 1. The topological polar surface area (TPSA) is 58.2 Å². The molecule has 0 atom stereocenters. The molecule has 1 amide bonds. The van der Waals surface area contributed by atoms with Gasteiger partial charge in [-0.1, -0.05) is 18.7 Å². The van der Waals surface area contributed by atoms with E-state index in [1.165, 1.54) is 6.92 Å². The van der Waals surface area contributed by atoms with Crippen LogP contribution in [0.25, 0.3) is 0 Å². The summed E-state index contributed by atoms with van der Waals surface area (Å²) in [6.07, 6.45) is 3.03. The van der Waals surface area contributed by atoms with Crippen LogP contribution in [0.3, 0.4) is 0 Å². The third-order valence-electron chi connectivity index (χ3n) is 2.31. The first-order valence-corrected chi connectivity index (χ1v) is 6.24. The van der Waals surface area contributed by atoms with E-state index in [2.05, 4.69) is 23.8 Å². The van der Waals surface area contributed by atoms with Crippen LogP contribution in [0.4, 0.5) is 0 Å². The second-order valence-electron chi connectivity index (χ2n) is 4.60. The number of unbranched alkanes of at least 4 members (excludes halogenated alkanes) is 1. The highest BCUT2D eigenvalue weighted by atomic mass is 16.1. The van der Waals surface area contributed by atoms with Crippen molar-refractivity contribution in [3.8, 4) is 0 Å². The summed E-state index contributed by atoms with van der Waals surface area (Å²) in [6.45, 7) is 11.8. The molecule has 0 fully saturated rings. The first kappa shape index (κ1) is 16.4. The van der Waals surface area contributed by atoms with Crippen LogP contribution < -0.4 is 10.6 Å². The third kappa shape index (κ3) is 10.9. The van der Waals surface area contributed by atoms with Crippen molar-refractivity contribution < 1.29 is 9.59 Å². The summed E-state index contributed by atoms with van der Waals surface area (Å²) in [5.41, 5.74) is 1.80. The largest absolute Gasteiger partial charge is 0.382 e. The first-order valence-electron chi connectivity index (χ1n) is 6.24. The maximum Gasteiger partial charge on any atom is 0.220 e. The molecule has 4 heteroatoms. The van der Waals surface area contributed by atoms with Crippen LogP contribution >= 0.6 is 0 Å². The lowest BCUT2D eigenvalue weighted by Gasteiger charge is -2.08. The SMILES string of the molecule is C=C(C)CNC(=O)CCCCC(=C)NCC(C)=O. The minimum atomic E-state index is 0.0558. The normalized spacial score (nSPS) is 9.67. The molecule has 0 aliphatic rings. The molecule has 0 bridgehead atoms. The Hall–Kier alpha value is -1.58. The van der Waals surface area contributed by atoms with Crippen LogP contribution in [0.1, 0.15) is 39.5 Å². The molecule has 0 aliphatic carbocycles. The number of carbonyl (C=O) groups excluding carboxylic acids is 2. The molecule has 0 unspecified atom stereocenters. The first-order chi connectivity index (χ1) is 8.41. The molecular formula is C14H24N2O2. The van der Waals surface area contributed by atoms with Crippen molar-refractivity contribution >= 4 is 11.7 Å². The van der Waals surface area contributed by atoms with E-state index in [0.29, 0.717) is 19.5 Å². The summed E-state index contributed by atoms with van der Waals surface area (Å²) in [5, 5.41) is 5.74. The molecule has 0 aliphatic heterocycles. The highest BCUT2D eigenvalue weighted by Crippen LogP contribution is 2.04. The molecule has 0 radical (unpaired) electrons. The summed E-state index contributed by atoms with van der Waals surface area (Å²) < 4.78 is 0. The van der Waals surface area contributed by atoms with Crippen molar-refractivity contribution in [1.82, 2.24) is 10.6 Å². The molecule has 0 spiro atoms. The van der Waals surface area contributed by atoms with E-state index < -0.39 is 0 Å². The van der Waals surface area contributed by atoms with E-state index >= 15 is 0 Å². The van der Waals surface area contributed by atoms with Crippen LogP contribution in [0, 0.1) is 0 Å². The van der Waals surface area contributed by atoms with Gasteiger partial charge in [0.2, 0.25) is 5.91 Å². The Labute approximate surface area is 110 Å². The Kier molecular flexibility index (Phi) is 8.62. The fourth-order valence-corrected chi connectivity index (χ4v) is 1.30. The molecule has 0 aromatic carbocycles. The van der Waals surface area contributed by atoms with Crippen molar-refractivity contribution in [1.29, 1.82) is 0 Å². The number of carbonyl (C=O) groups is 2. The van der Waals surface area contributed by atoms with Gasteiger partial charge in [0.05, 0.1) is 6.54 Å². The van der Waals surface area contributed by atoms with E-state index in [-0.39, 0.29) is 11.7 Å². The number of hydrogen-bond acceptors (Lipinski definition) is 3. The molecule has 4 nitrogen and oxygen atoms in total. The standard InChI is InChI=1S/C14H24N2O2/c1-11(2)9-16-14(18)8-6-5-7-12(3)15-10-13(4)17/h15H,1,3,5-10H2,2,4H3,(H,16,18). The van der Waals surface area contributed by atoms with Crippen LogP contribution in [-0.2, 0) is 9.59 Å². The zero-order valence-corrected chi connectivity index (χ0v) is 11.5. The van der Waals surface area contributed by atoms with Gasteiger partial charge >= 0.3 is 0 Å². The van der Waals surface area contributed by atoms with Gasteiger partial charge in [0, 0.05) is 18.7 Å². The van der Waals surface area contributed by atoms with Gasteiger partial charge in [0.15, 0.2) is 0 Å². The zero-order valence-electron chi connectivity index (χ0n) is 11.5. The highest BCUT2D eigenvalue weighted by Gasteiger charge is 2.01. The molecule has 102 valence electrons. The van der Waals surface area contributed by atoms with Gasteiger partial charge in [-0.25, -0.2) is 0 Å². The number of nitrogens with one attached hydrogen (secondary N) is 2. The summed E-state index contributed by atoms with van der Waals surface area (Å²) in [5.74, 6) is 0.149. The number of rotatable bonds is 10. The number of hydrogen-bond donors (Lipinski definition) is 2. The van der Waals surface area contributed by atoms with Gasteiger partial charge in [-0.15, -0.1) is 0 Å². The lowest BCUT2D eigenvalue weighted by Crippen LogP contribution is -2.24. The fraction of sp³-hybridized carbons (Fsp3) is 0.571. The van der Waals surface area contributed by atoms with Crippen LogP contribution in [-0.4, -0.2) is 24.8 Å². The molecule has 0 rings (SSSR count). The van der Waals surface area contributed by atoms with Crippen molar-refractivity contribution in [3.05, 3.63) is 24.4 Å². The van der Waals surface area contributed by atoms with E-state index in [1.807, 2.05) is 6.92 Å². The number of ketones is 1. The highest BCUT2D eigenvalue weighted by molar-refractivity contribution is 5.77. The smallest absolute Gasteiger partial charge is 0.220 e. The summed E-state index contributed by atoms with van der Waals surface area (Å²) in [6, 6.07) is 0. The Bertz CT molecular complexity index is 290. The van der Waals surface area contributed by atoms with Gasteiger partial charge in [-0.2, -0.15) is 0 Å². The monoisotopic (exact) mass is 252 g/mol. The quantitative estimate of drug-likeness (QED) is 0.461. The van der Waals surface area contributed by atoms with Crippen molar-refractivity contribution in [2.24, 2.45) is 0 Å². The summed E-state index contributed by atoms with van der Waals surface area (Å²) in [4.78, 5) is 22.1. The van der Waals surface area contributed by atoms with Crippen LogP contribution in [0.2, 0.25) is 0 Å². The third-order valence-corrected chi connectivity index (χ3v) is 2.31. The van der Waals surface area contributed by atoms with Gasteiger partial charge in [0.1, 0.15) is 5.78 Å². The number of allylic oxidation sites excluding steroid dienone is 1. The Morgan fingerprint density at radius 3 is 2.11 bits per heavy atom. The zero-order chi connectivity index (χ0) is 14.0. The second kappa shape index (κ2) is 9.45. The van der Waals surface area contributed by atoms with E-state index in [9.17, 15) is 9.59 Å². The van der Waals surface area contributed by atoms with Crippen molar-refractivity contribution in [2.45, 2.75) is 39.5 Å². The summed E-state index contributed by atoms with van der Waals surface area (Å²) in [7, 11) is 0. The summed E-state index contributed by atoms with van der Waals surface area (Å²) >= 11 is 0. The Morgan fingerprint density at radius 1 is 0.944 bits per heavy atom. The molecule has 0 heterocycles. The molecule has 2 N–H and O–H groups in total. The lowest BCUT2D eigenvalue weighted by atomic mass is 10.1. The Balaban J connectivity index is 3.49. The molecule has 0 saturated carbocycles. The lowest BCUT2D eigenvalue weighted by molar-refractivity contribution is -0.121. The predicted molar refractivity (Wildman–Crippen MR) is 74.1 cm³/mol. The second-order valence-corrected chi connectivity index (χ2v) is 4.60. The van der Waals surface area contributed by atoms with Gasteiger partial charge in [-0.05, 0) is 33.1 Å². The van der Waals surface area contributed by atoms with Gasteiger partial charge in [0.25, 0.3) is 0 Å². The van der Waals surface area contributed by atoms with E-state index in [4.69, 9.17) is 0 Å².